The Morgan fingerprint density at radius 1 is 1.43 bits per heavy atom. The van der Waals surface area contributed by atoms with Gasteiger partial charge in [-0.25, -0.2) is 8.42 Å². The number of amides is 1. The standard InChI is InChI=1S/C14H13BrN2O3S/c15-13-4-2-1-3-10(13)7-11(8-16)14(18)17-12-5-6-21(19,20)9-12/h1-4,7,12H,5-6,9H2,(H,17,18)/b11-7+. The fourth-order valence-corrected chi connectivity index (χ4v) is 4.14. The zero-order chi connectivity index (χ0) is 15.5. The molecule has 0 saturated carbocycles. The van der Waals surface area contributed by atoms with Crippen LogP contribution in [0.4, 0.5) is 0 Å². The van der Waals surface area contributed by atoms with E-state index in [-0.39, 0.29) is 17.1 Å². The molecule has 7 heteroatoms. The van der Waals surface area contributed by atoms with Crippen LogP contribution in [-0.4, -0.2) is 31.9 Å². The van der Waals surface area contributed by atoms with Gasteiger partial charge in [0.15, 0.2) is 9.84 Å². The Kier molecular flexibility index (Phi) is 4.80. The molecule has 1 fully saturated rings. The van der Waals surface area contributed by atoms with Gasteiger partial charge in [-0.15, -0.1) is 0 Å². The fraction of sp³-hybridized carbons (Fsp3) is 0.286. The van der Waals surface area contributed by atoms with Crippen molar-refractivity contribution in [3.8, 4) is 6.07 Å². The number of benzene rings is 1. The quantitative estimate of drug-likeness (QED) is 0.649. The minimum absolute atomic E-state index is 0.0498. The number of nitrogens with zero attached hydrogens (tertiary/aromatic N) is 1. The van der Waals surface area contributed by atoms with Crippen LogP contribution in [0.5, 0.6) is 0 Å². The first-order valence-electron chi connectivity index (χ1n) is 6.29. The van der Waals surface area contributed by atoms with Gasteiger partial charge >= 0.3 is 0 Å². The van der Waals surface area contributed by atoms with Gasteiger partial charge in [-0.1, -0.05) is 34.1 Å². The third-order valence-corrected chi connectivity index (χ3v) is 5.63. The Morgan fingerprint density at radius 2 is 2.14 bits per heavy atom. The highest BCUT2D eigenvalue weighted by atomic mass is 79.9. The Labute approximate surface area is 131 Å². The Hall–Kier alpha value is -1.65. The summed E-state index contributed by atoms with van der Waals surface area (Å²) in [5.41, 5.74) is 0.662. The number of nitriles is 1. The number of sulfone groups is 1. The maximum absolute atomic E-state index is 12.0. The number of rotatable bonds is 3. The summed E-state index contributed by atoms with van der Waals surface area (Å²) < 4.78 is 23.5. The zero-order valence-electron chi connectivity index (χ0n) is 11.0. The van der Waals surface area contributed by atoms with E-state index in [4.69, 9.17) is 5.26 Å². The maximum Gasteiger partial charge on any atom is 0.262 e. The fourth-order valence-electron chi connectivity index (χ4n) is 2.07. The van der Waals surface area contributed by atoms with Crippen molar-refractivity contribution in [2.45, 2.75) is 12.5 Å². The van der Waals surface area contributed by atoms with E-state index in [0.29, 0.717) is 12.0 Å². The van der Waals surface area contributed by atoms with Crippen molar-refractivity contribution in [2.24, 2.45) is 0 Å². The minimum Gasteiger partial charge on any atom is -0.348 e. The van der Waals surface area contributed by atoms with Crippen LogP contribution < -0.4 is 5.32 Å². The Balaban J connectivity index is 2.13. The van der Waals surface area contributed by atoms with Crippen molar-refractivity contribution < 1.29 is 13.2 Å². The molecule has 0 spiro atoms. The molecule has 110 valence electrons. The monoisotopic (exact) mass is 368 g/mol. The predicted molar refractivity (Wildman–Crippen MR) is 82.9 cm³/mol. The van der Waals surface area contributed by atoms with Crippen molar-refractivity contribution in [2.75, 3.05) is 11.5 Å². The molecule has 0 aromatic heterocycles. The SMILES string of the molecule is N#C/C(=C\c1ccccc1Br)C(=O)NC1CCS(=O)(=O)C1. The number of carbonyl (C=O) groups excluding carboxylic acids is 1. The molecular formula is C14H13BrN2O3S. The molecule has 0 bridgehead atoms. The van der Waals surface area contributed by atoms with Gasteiger partial charge in [-0.05, 0) is 24.1 Å². The van der Waals surface area contributed by atoms with Gasteiger partial charge in [0.25, 0.3) is 5.91 Å². The van der Waals surface area contributed by atoms with Crippen LogP contribution in [0.25, 0.3) is 6.08 Å². The highest BCUT2D eigenvalue weighted by Gasteiger charge is 2.29. The van der Waals surface area contributed by atoms with Crippen LogP contribution in [0.15, 0.2) is 34.3 Å². The summed E-state index contributed by atoms with van der Waals surface area (Å²) in [6, 6.07) is 8.64. The Morgan fingerprint density at radius 3 is 2.71 bits per heavy atom. The van der Waals surface area contributed by atoms with E-state index in [1.807, 2.05) is 18.2 Å². The lowest BCUT2D eigenvalue weighted by Gasteiger charge is -2.10. The van der Waals surface area contributed by atoms with Crippen molar-refractivity contribution in [3.63, 3.8) is 0 Å². The molecule has 1 unspecified atom stereocenters. The molecular weight excluding hydrogens is 356 g/mol. The number of nitrogens with one attached hydrogen (secondary N) is 1. The molecule has 1 heterocycles. The highest BCUT2D eigenvalue weighted by molar-refractivity contribution is 9.10. The van der Waals surface area contributed by atoms with Crippen molar-refractivity contribution in [1.29, 1.82) is 5.26 Å². The van der Waals surface area contributed by atoms with Crippen LogP contribution in [-0.2, 0) is 14.6 Å². The number of carbonyl (C=O) groups is 1. The van der Waals surface area contributed by atoms with E-state index in [0.717, 1.165) is 4.47 Å². The molecule has 1 aromatic rings. The molecule has 21 heavy (non-hydrogen) atoms. The normalized spacial score (nSPS) is 20.8. The van der Waals surface area contributed by atoms with Gasteiger partial charge in [0.05, 0.1) is 11.5 Å². The smallest absolute Gasteiger partial charge is 0.262 e. The summed E-state index contributed by atoms with van der Waals surface area (Å²) in [5, 5.41) is 11.7. The molecule has 1 atom stereocenters. The minimum atomic E-state index is -3.06. The molecule has 1 aliphatic heterocycles. The van der Waals surface area contributed by atoms with Gasteiger partial charge in [-0.2, -0.15) is 5.26 Å². The molecule has 5 nitrogen and oxygen atoms in total. The molecule has 2 rings (SSSR count). The average Bonchev–Trinajstić information content (AvgIpc) is 2.77. The molecule has 1 saturated heterocycles. The average molecular weight is 369 g/mol. The molecule has 1 aliphatic rings. The van der Waals surface area contributed by atoms with Crippen molar-refractivity contribution in [3.05, 3.63) is 39.9 Å². The first-order valence-corrected chi connectivity index (χ1v) is 8.90. The lowest BCUT2D eigenvalue weighted by atomic mass is 10.1. The second-order valence-corrected chi connectivity index (χ2v) is 7.85. The number of halogens is 1. The third kappa shape index (κ3) is 4.16. The Bertz CT molecular complexity index is 735. The summed E-state index contributed by atoms with van der Waals surface area (Å²) >= 11 is 3.34. The van der Waals surface area contributed by atoms with Crippen molar-refractivity contribution >= 4 is 37.8 Å². The predicted octanol–water partition coefficient (Wildman–Crippen LogP) is 1.66. The lowest BCUT2D eigenvalue weighted by molar-refractivity contribution is -0.117. The molecule has 1 aromatic carbocycles. The second-order valence-electron chi connectivity index (χ2n) is 4.76. The van der Waals surface area contributed by atoms with E-state index in [9.17, 15) is 13.2 Å². The van der Waals surface area contributed by atoms with E-state index in [2.05, 4.69) is 21.2 Å². The van der Waals surface area contributed by atoms with Gasteiger partial charge < -0.3 is 5.32 Å². The van der Waals surface area contributed by atoms with Crippen LogP contribution in [0, 0.1) is 11.3 Å². The van der Waals surface area contributed by atoms with Crippen LogP contribution in [0.2, 0.25) is 0 Å². The highest BCUT2D eigenvalue weighted by Crippen LogP contribution is 2.19. The van der Waals surface area contributed by atoms with Crippen LogP contribution in [0.3, 0.4) is 0 Å². The van der Waals surface area contributed by atoms with Gasteiger partial charge in [0, 0.05) is 10.5 Å². The van der Waals surface area contributed by atoms with Crippen LogP contribution >= 0.6 is 15.9 Å². The van der Waals surface area contributed by atoms with Gasteiger partial charge in [0.1, 0.15) is 11.6 Å². The molecule has 0 radical (unpaired) electrons. The zero-order valence-corrected chi connectivity index (χ0v) is 13.4. The maximum atomic E-state index is 12.0. The number of hydrogen-bond acceptors (Lipinski definition) is 4. The summed E-state index contributed by atoms with van der Waals surface area (Å²) in [7, 11) is -3.06. The number of hydrogen-bond donors (Lipinski definition) is 1. The lowest BCUT2D eigenvalue weighted by Crippen LogP contribution is -2.36. The summed E-state index contributed by atoms with van der Waals surface area (Å²) in [5.74, 6) is -0.532. The third-order valence-electron chi connectivity index (χ3n) is 3.14. The first kappa shape index (κ1) is 15.7. The first-order chi connectivity index (χ1) is 9.91. The van der Waals surface area contributed by atoms with Gasteiger partial charge in [0.2, 0.25) is 0 Å². The van der Waals surface area contributed by atoms with Crippen LogP contribution in [0.1, 0.15) is 12.0 Å². The summed E-state index contributed by atoms with van der Waals surface area (Å²) in [6.45, 7) is 0. The van der Waals surface area contributed by atoms with E-state index >= 15 is 0 Å². The molecule has 1 N–H and O–H groups in total. The second kappa shape index (κ2) is 6.41. The van der Waals surface area contributed by atoms with E-state index in [1.54, 1.807) is 12.1 Å². The van der Waals surface area contributed by atoms with E-state index < -0.39 is 21.8 Å². The molecule has 0 aliphatic carbocycles. The van der Waals surface area contributed by atoms with Gasteiger partial charge in [-0.3, -0.25) is 4.79 Å². The summed E-state index contributed by atoms with van der Waals surface area (Å²) in [4.78, 5) is 12.0. The molecule has 1 amide bonds. The topological polar surface area (TPSA) is 87.0 Å². The van der Waals surface area contributed by atoms with E-state index in [1.165, 1.54) is 6.08 Å². The largest absolute Gasteiger partial charge is 0.348 e. The van der Waals surface area contributed by atoms with Crippen molar-refractivity contribution in [1.82, 2.24) is 5.32 Å². The summed E-state index contributed by atoms with van der Waals surface area (Å²) in [6.07, 6.45) is 1.87.